The lowest BCUT2D eigenvalue weighted by Crippen LogP contribution is -2.54. The first-order valence-electron chi connectivity index (χ1n) is 9.34. The largest absolute Gasteiger partial charge is 0.395 e. The van der Waals surface area contributed by atoms with Gasteiger partial charge in [0, 0.05) is 49.2 Å². The Bertz CT molecular complexity index is 886. The predicted octanol–water partition coefficient (Wildman–Crippen LogP) is 0.713. The van der Waals surface area contributed by atoms with E-state index in [4.69, 9.17) is 5.11 Å². The van der Waals surface area contributed by atoms with Gasteiger partial charge in [-0.05, 0) is 17.5 Å². The molecule has 1 saturated heterocycles. The number of nitrogens with one attached hydrogen (secondary N) is 1. The van der Waals surface area contributed by atoms with Crippen molar-refractivity contribution in [2.75, 3.05) is 46.0 Å². The van der Waals surface area contributed by atoms with Crippen LogP contribution in [-0.4, -0.2) is 83.7 Å². The number of β-amino-alcohol motifs (C(OH)–C–C–N with tert-alkyl or cyclic N) is 1. The van der Waals surface area contributed by atoms with Gasteiger partial charge in [-0.1, -0.05) is 24.3 Å². The van der Waals surface area contributed by atoms with Crippen LogP contribution in [0.2, 0.25) is 0 Å². The van der Waals surface area contributed by atoms with Crippen LogP contribution in [0.5, 0.6) is 0 Å². The zero-order valence-electron chi connectivity index (χ0n) is 15.4. The van der Waals surface area contributed by atoms with E-state index >= 15 is 0 Å². The smallest absolute Gasteiger partial charge is 0.318 e. The number of nitrogens with zero attached hydrogens (tertiary/aromatic N) is 3. The summed E-state index contributed by atoms with van der Waals surface area (Å²) < 4.78 is 0. The first kappa shape index (κ1) is 18.4. The minimum Gasteiger partial charge on any atom is -0.395 e. The predicted molar refractivity (Wildman–Crippen MR) is 103 cm³/mol. The zero-order chi connectivity index (χ0) is 19.7. The van der Waals surface area contributed by atoms with Crippen LogP contribution in [0.15, 0.2) is 36.4 Å². The van der Waals surface area contributed by atoms with Gasteiger partial charge in [-0.15, -0.1) is 0 Å². The number of aliphatic hydroxyl groups excluding tert-OH is 1. The third-order valence-corrected chi connectivity index (χ3v) is 5.32. The number of hydrogen-bond donors (Lipinski definition) is 2. The van der Waals surface area contributed by atoms with Crippen molar-refractivity contribution < 1.29 is 19.5 Å². The minimum absolute atomic E-state index is 0.0968. The number of hydrogen-bond acceptors (Lipinski definition) is 5. The average Bonchev–Trinajstić information content (AvgIpc) is 2.72. The lowest BCUT2D eigenvalue weighted by Gasteiger charge is -2.35. The first-order valence-corrected chi connectivity index (χ1v) is 9.34. The van der Waals surface area contributed by atoms with Crippen LogP contribution < -0.4 is 5.32 Å². The molecule has 0 unspecified atom stereocenters. The second kappa shape index (κ2) is 7.57. The highest BCUT2D eigenvalue weighted by Gasteiger charge is 2.33. The third-order valence-electron chi connectivity index (χ3n) is 5.32. The highest BCUT2D eigenvalue weighted by Crippen LogP contribution is 2.29. The summed E-state index contributed by atoms with van der Waals surface area (Å²) in [5, 5.41) is 13.2. The topological polar surface area (TPSA) is 93.2 Å². The molecule has 0 aliphatic carbocycles. The number of carbonyl (C=O) groups excluding carboxylic acids is 3. The van der Waals surface area contributed by atoms with Gasteiger partial charge in [0.15, 0.2) is 0 Å². The van der Waals surface area contributed by atoms with E-state index in [2.05, 4.69) is 10.2 Å². The van der Waals surface area contributed by atoms with Crippen LogP contribution in [0.25, 0.3) is 10.8 Å². The summed E-state index contributed by atoms with van der Waals surface area (Å²) in [5.41, 5.74) is 0.944. The molecule has 2 aromatic carbocycles. The van der Waals surface area contributed by atoms with Crippen LogP contribution in [0.4, 0.5) is 4.79 Å². The molecule has 2 aliphatic rings. The molecule has 8 heteroatoms. The van der Waals surface area contributed by atoms with E-state index in [-0.39, 0.29) is 19.3 Å². The lowest BCUT2D eigenvalue weighted by atomic mass is 9.94. The van der Waals surface area contributed by atoms with Gasteiger partial charge < -0.3 is 15.3 Å². The Hall–Kier alpha value is -2.97. The van der Waals surface area contributed by atoms with Crippen molar-refractivity contribution in [1.82, 2.24) is 20.0 Å². The fraction of sp³-hybridized carbons (Fsp3) is 0.350. The van der Waals surface area contributed by atoms with E-state index in [1.807, 2.05) is 12.1 Å². The molecule has 146 valence electrons. The Morgan fingerprint density at radius 3 is 2.14 bits per heavy atom. The number of carbonyl (C=O) groups is 3. The Morgan fingerprint density at radius 2 is 1.57 bits per heavy atom. The Labute approximate surface area is 162 Å². The summed E-state index contributed by atoms with van der Waals surface area (Å²) in [6.07, 6.45) is 0. The molecule has 0 saturated carbocycles. The van der Waals surface area contributed by atoms with Crippen LogP contribution in [0.3, 0.4) is 0 Å². The van der Waals surface area contributed by atoms with Gasteiger partial charge in [-0.25, -0.2) is 4.79 Å². The second-order valence-corrected chi connectivity index (χ2v) is 6.94. The SMILES string of the molecule is O=C(NCN1C(=O)c2cccc3cccc(c23)C1=O)N1CCN(CCO)CC1. The molecule has 8 nitrogen and oxygen atoms in total. The number of piperazine rings is 1. The molecule has 0 aromatic heterocycles. The molecule has 1 fully saturated rings. The van der Waals surface area contributed by atoms with Crippen LogP contribution in [0, 0.1) is 0 Å². The van der Waals surface area contributed by atoms with E-state index in [1.54, 1.807) is 29.2 Å². The van der Waals surface area contributed by atoms with Gasteiger partial charge in [0.25, 0.3) is 11.8 Å². The molecule has 2 aliphatic heterocycles. The monoisotopic (exact) mass is 382 g/mol. The molecule has 2 N–H and O–H groups in total. The third kappa shape index (κ3) is 3.21. The first-order chi connectivity index (χ1) is 13.6. The normalized spacial score (nSPS) is 17.3. The summed E-state index contributed by atoms with van der Waals surface area (Å²) in [6.45, 7) is 2.97. The standard InChI is InChI=1S/C20H22N4O4/c25-12-11-22-7-9-23(10-8-22)20(28)21-13-24-18(26)15-5-1-3-14-4-2-6-16(17(14)15)19(24)27/h1-6,25H,7-13H2,(H,21,28). The number of benzene rings is 2. The highest BCUT2D eigenvalue weighted by molar-refractivity contribution is 6.25. The summed E-state index contributed by atoms with van der Waals surface area (Å²) >= 11 is 0. The van der Waals surface area contributed by atoms with Crippen molar-refractivity contribution in [3.05, 3.63) is 47.5 Å². The fourth-order valence-corrected chi connectivity index (χ4v) is 3.80. The molecule has 0 spiro atoms. The number of aliphatic hydroxyl groups is 1. The molecule has 2 aromatic rings. The summed E-state index contributed by atoms with van der Waals surface area (Å²) in [5.74, 6) is -0.801. The summed E-state index contributed by atoms with van der Waals surface area (Å²) in [4.78, 5) is 42.9. The van der Waals surface area contributed by atoms with Gasteiger partial charge in [0.1, 0.15) is 6.67 Å². The van der Waals surface area contributed by atoms with Gasteiger partial charge in [-0.3, -0.25) is 19.4 Å². The van der Waals surface area contributed by atoms with Crippen LogP contribution in [0.1, 0.15) is 20.7 Å². The number of imide groups is 1. The van der Waals surface area contributed by atoms with Gasteiger partial charge in [0.05, 0.1) is 6.61 Å². The van der Waals surface area contributed by atoms with Crippen molar-refractivity contribution in [2.24, 2.45) is 0 Å². The van der Waals surface area contributed by atoms with Crippen molar-refractivity contribution in [2.45, 2.75) is 0 Å². The molecule has 0 atom stereocenters. The van der Waals surface area contributed by atoms with E-state index in [0.717, 1.165) is 10.3 Å². The average molecular weight is 382 g/mol. The molecule has 0 radical (unpaired) electrons. The Morgan fingerprint density at radius 1 is 0.964 bits per heavy atom. The summed E-state index contributed by atoms with van der Waals surface area (Å²) in [7, 11) is 0. The van der Waals surface area contributed by atoms with Gasteiger partial charge >= 0.3 is 6.03 Å². The van der Waals surface area contributed by atoms with Crippen molar-refractivity contribution in [3.63, 3.8) is 0 Å². The lowest BCUT2D eigenvalue weighted by molar-refractivity contribution is 0.0597. The summed E-state index contributed by atoms with van der Waals surface area (Å²) in [6, 6.07) is 10.4. The maximum atomic E-state index is 12.8. The van der Waals surface area contributed by atoms with Crippen molar-refractivity contribution in [1.29, 1.82) is 0 Å². The molecular formula is C20H22N4O4. The van der Waals surface area contributed by atoms with E-state index in [9.17, 15) is 14.4 Å². The van der Waals surface area contributed by atoms with Crippen LogP contribution in [-0.2, 0) is 0 Å². The molecular weight excluding hydrogens is 360 g/mol. The maximum absolute atomic E-state index is 12.8. The second-order valence-electron chi connectivity index (χ2n) is 6.94. The van der Waals surface area contributed by atoms with Gasteiger partial charge in [0.2, 0.25) is 0 Å². The number of rotatable bonds is 4. The minimum atomic E-state index is -0.401. The Kier molecular flexibility index (Phi) is 4.97. The van der Waals surface area contributed by atoms with E-state index in [0.29, 0.717) is 49.2 Å². The van der Waals surface area contributed by atoms with Gasteiger partial charge in [-0.2, -0.15) is 0 Å². The molecule has 28 heavy (non-hydrogen) atoms. The highest BCUT2D eigenvalue weighted by atomic mass is 16.3. The van der Waals surface area contributed by atoms with Crippen LogP contribution >= 0.6 is 0 Å². The molecule has 2 heterocycles. The number of amides is 4. The molecule has 4 rings (SSSR count). The number of urea groups is 1. The molecule has 0 bridgehead atoms. The zero-order valence-corrected chi connectivity index (χ0v) is 15.4. The van der Waals surface area contributed by atoms with E-state index in [1.165, 1.54) is 0 Å². The van der Waals surface area contributed by atoms with E-state index < -0.39 is 11.8 Å². The van der Waals surface area contributed by atoms with Crippen molar-refractivity contribution >= 4 is 28.6 Å². The fourth-order valence-electron chi connectivity index (χ4n) is 3.80. The Balaban J connectivity index is 1.44. The maximum Gasteiger partial charge on any atom is 0.318 e. The molecule has 4 amide bonds. The van der Waals surface area contributed by atoms with Crippen molar-refractivity contribution in [3.8, 4) is 0 Å². The quantitative estimate of drug-likeness (QED) is 0.760.